The number of nitrogens with zero attached hydrogens (tertiary/aromatic N) is 2. The van der Waals surface area contributed by atoms with Gasteiger partial charge >= 0.3 is 0 Å². The molecule has 1 aromatic heterocycles. The molecule has 1 saturated heterocycles. The summed E-state index contributed by atoms with van der Waals surface area (Å²) in [6.07, 6.45) is 2.47. The summed E-state index contributed by atoms with van der Waals surface area (Å²) < 4.78 is 27.9. The molecule has 1 unspecified atom stereocenters. The summed E-state index contributed by atoms with van der Waals surface area (Å²) in [4.78, 5) is 1.19. The van der Waals surface area contributed by atoms with Crippen molar-refractivity contribution in [1.82, 2.24) is 8.61 Å². The van der Waals surface area contributed by atoms with Crippen LogP contribution in [0.5, 0.6) is 0 Å². The van der Waals surface area contributed by atoms with Gasteiger partial charge in [-0.2, -0.15) is 17.0 Å². The summed E-state index contributed by atoms with van der Waals surface area (Å²) in [5.41, 5.74) is 0. The van der Waals surface area contributed by atoms with Crippen LogP contribution < -0.4 is 0 Å². The van der Waals surface area contributed by atoms with Gasteiger partial charge in [0.05, 0.1) is 0 Å². The maximum Gasteiger partial charge on any atom is 0.281 e. The van der Waals surface area contributed by atoms with Gasteiger partial charge in [-0.1, -0.05) is 6.07 Å². The Morgan fingerprint density at radius 3 is 3.00 bits per heavy atom. The van der Waals surface area contributed by atoms with E-state index < -0.39 is 10.2 Å². The Hall–Kier alpha value is -0.470. The number of hydrogen-bond acceptors (Lipinski definition) is 4. The smallest absolute Gasteiger partial charge is 0.281 e. The third kappa shape index (κ3) is 3.79. The second kappa shape index (κ2) is 7.00. The summed E-state index contributed by atoms with van der Waals surface area (Å²) in [7, 11) is -1.77. The van der Waals surface area contributed by atoms with Gasteiger partial charge in [-0.15, -0.1) is 11.3 Å². The van der Waals surface area contributed by atoms with Gasteiger partial charge in [0.15, 0.2) is 0 Å². The molecule has 0 aromatic carbocycles. The van der Waals surface area contributed by atoms with Crippen LogP contribution in [0, 0.1) is 5.92 Å². The molecular weight excluding hydrogens is 296 g/mol. The fourth-order valence-corrected chi connectivity index (χ4v) is 4.59. The molecule has 7 heteroatoms. The molecule has 1 fully saturated rings. The maximum absolute atomic E-state index is 12.5. The monoisotopic (exact) mass is 318 g/mol. The molecule has 1 atom stereocenters. The van der Waals surface area contributed by atoms with Crippen LogP contribution in [-0.4, -0.2) is 55.4 Å². The van der Waals surface area contributed by atoms with Crippen LogP contribution in [0.2, 0.25) is 0 Å². The molecule has 0 aliphatic carbocycles. The minimum Gasteiger partial charge on any atom is -0.396 e. The van der Waals surface area contributed by atoms with E-state index in [0.29, 0.717) is 19.6 Å². The van der Waals surface area contributed by atoms with E-state index in [1.165, 1.54) is 13.5 Å². The molecule has 0 radical (unpaired) electrons. The van der Waals surface area contributed by atoms with E-state index in [4.69, 9.17) is 0 Å². The fourth-order valence-electron chi connectivity index (χ4n) is 2.42. The summed E-state index contributed by atoms with van der Waals surface area (Å²) >= 11 is 1.65. The quantitative estimate of drug-likeness (QED) is 0.856. The topological polar surface area (TPSA) is 60.9 Å². The Morgan fingerprint density at radius 1 is 1.55 bits per heavy atom. The van der Waals surface area contributed by atoms with Crippen molar-refractivity contribution < 1.29 is 13.5 Å². The largest absolute Gasteiger partial charge is 0.396 e. The summed E-state index contributed by atoms with van der Waals surface area (Å²) in [5, 5.41) is 11.2. The lowest BCUT2D eigenvalue weighted by atomic mass is 10.0. The normalized spacial score (nSPS) is 21.4. The average Bonchev–Trinajstić information content (AvgIpc) is 2.98. The highest BCUT2D eigenvalue weighted by atomic mass is 32.2. The van der Waals surface area contributed by atoms with E-state index in [9.17, 15) is 13.5 Å². The zero-order chi connectivity index (χ0) is 14.6. The first kappa shape index (κ1) is 15.9. The highest BCUT2D eigenvalue weighted by Crippen LogP contribution is 2.20. The maximum atomic E-state index is 12.5. The predicted octanol–water partition coefficient (Wildman–Crippen LogP) is 1.17. The van der Waals surface area contributed by atoms with E-state index in [2.05, 4.69) is 0 Å². The summed E-state index contributed by atoms with van der Waals surface area (Å²) in [6, 6.07) is 4.00. The molecular formula is C13H22N2O3S2. The lowest BCUT2D eigenvalue weighted by Crippen LogP contribution is -2.47. The molecule has 2 heterocycles. The first-order chi connectivity index (χ1) is 9.54. The molecule has 1 N–H and O–H groups in total. The number of hydrogen-bond donors (Lipinski definition) is 1. The van der Waals surface area contributed by atoms with Crippen molar-refractivity contribution in [3.8, 4) is 0 Å². The van der Waals surface area contributed by atoms with Crippen LogP contribution in [0.4, 0.5) is 0 Å². The minimum atomic E-state index is -3.40. The lowest BCUT2D eigenvalue weighted by molar-refractivity contribution is 0.161. The van der Waals surface area contributed by atoms with Crippen LogP contribution in [0.1, 0.15) is 17.7 Å². The molecule has 1 aliphatic rings. The predicted molar refractivity (Wildman–Crippen MR) is 81.0 cm³/mol. The third-order valence-electron chi connectivity index (χ3n) is 3.71. The molecule has 0 saturated carbocycles. The van der Waals surface area contributed by atoms with Crippen molar-refractivity contribution in [1.29, 1.82) is 0 Å². The van der Waals surface area contributed by atoms with Gasteiger partial charge in [0.2, 0.25) is 0 Å². The van der Waals surface area contributed by atoms with Crippen molar-refractivity contribution in [3.63, 3.8) is 0 Å². The molecule has 0 bridgehead atoms. The van der Waals surface area contributed by atoms with Crippen LogP contribution >= 0.6 is 11.3 Å². The van der Waals surface area contributed by atoms with Gasteiger partial charge in [-0.25, -0.2) is 0 Å². The number of thiophene rings is 1. The van der Waals surface area contributed by atoms with Crippen LogP contribution in [-0.2, 0) is 16.6 Å². The summed E-state index contributed by atoms with van der Waals surface area (Å²) in [6.45, 7) is 1.54. The van der Waals surface area contributed by atoms with E-state index in [-0.39, 0.29) is 12.5 Å². The van der Waals surface area contributed by atoms with Crippen LogP contribution in [0.15, 0.2) is 17.5 Å². The first-order valence-corrected chi connectivity index (χ1v) is 9.16. The molecule has 2 rings (SSSR count). The zero-order valence-corrected chi connectivity index (χ0v) is 13.4. The second-order valence-electron chi connectivity index (χ2n) is 5.21. The Balaban J connectivity index is 1.94. The third-order valence-corrected chi connectivity index (χ3v) is 6.60. The van der Waals surface area contributed by atoms with E-state index in [1.807, 2.05) is 17.5 Å². The van der Waals surface area contributed by atoms with E-state index in [0.717, 1.165) is 19.3 Å². The molecule has 0 amide bonds. The second-order valence-corrected chi connectivity index (χ2v) is 8.28. The van der Waals surface area contributed by atoms with Crippen molar-refractivity contribution >= 4 is 21.5 Å². The molecule has 1 aliphatic heterocycles. The number of aliphatic hydroxyl groups excluding tert-OH is 1. The number of likely N-dealkylation sites (N-methyl/N-ethyl adjacent to an activating group) is 1. The van der Waals surface area contributed by atoms with E-state index >= 15 is 0 Å². The molecule has 5 nitrogen and oxygen atoms in total. The summed E-state index contributed by atoms with van der Waals surface area (Å²) in [5.74, 6) is 0.0734. The van der Waals surface area contributed by atoms with Crippen LogP contribution in [0.25, 0.3) is 0 Å². The van der Waals surface area contributed by atoms with Crippen molar-refractivity contribution in [3.05, 3.63) is 22.4 Å². The number of aliphatic hydroxyl groups is 1. The highest BCUT2D eigenvalue weighted by Gasteiger charge is 2.31. The van der Waals surface area contributed by atoms with E-state index in [1.54, 1.807) is 18.4 Å². The van der Waals surface area contributed by atoms with Crippen molar-refractivity contribution in [2.75, 3.05) is 33.3 Å². The Morgan fingerprint density at radius 2 is 2.35 bits per heavy atom. The van der Waals surface area contributed by atoms with Crippen molar-refractivity contribution in [2.45, 2.75) is 19.3 Å². The minimum absolute atomic E-state index is 0.0604. The van der Waals surface area contributed by atoms with Gasteiger partial charge in [0.1, 0.15) is 0 Å². The molecule has 0 spiro atoms. The average molecular weight is 318 g/mol. The molecule has 114 valence electrons. The Kier molecular flexibility index (Phi) is 5.57. The SMILES string of the molecule is CN(CCc1cccs1)S(=O)(=O)N1CCCC(CO)C1. The standard InChI is InChI=1S/C13H22N2O3S2/c1-14(8-6-13-5-3-9-19-13)20(17,18)15-7-2-4-12(10-15)11-16/h3,5,9,12,16H,2,4,6-8,10-11H2,1H3. The molecule has 1 aromatic rings. The van der Waals surface area contributed by atoms with Gasteiger partial charge in [0.25, 0.3) is 10.2 Å². The van der Waals surface area contributed by atoms with Gasteiger partial charge in [0, 0.05) is 38.2 Å². The number of rotatable bonds is 6. The number of piperidine rings is 1. The van der Waals surface area contributed by atoms with Gasteiger partial charge in [-0.3, -0.25) is 0 Å². The van der Waals surface area contributed by atoms with Gasteiger partial charge < -0.3 is 5.11 Å². The Bertz CT molecular complexity index is 502. The fraction of sp³-hybridized carbons (Fsp3) is 0.692. The Labute approximate surface area is 125 Å². The first-order valence-electron chi connectivity index (χ1n) is 6.88. The van der Waals surface area contributed by atoms with Gasteiger partial charge in [-0.05, 0) is 36.6 Å². The van der Waals surface area contributed by atoms with Crippen LogP contribution in [0.3, 0.4) is 0 Å². The highest BCUT2D eigenvalue weighted by molar-refractivity contribution is 7.86. The molecule has 20 heavy (non-hydrogen) atoms. The lowest BCUT2D eigenvalue weighted by Gasteiger charge is -2.33. The van der Waals surface area contributed by atoms with Crippen molar-refractivity contribution in [2.24, 2.45) is 5.92 Å². The zero-order valence-electron chi connectivity index (χ0n) is 11.7.